The molecule has 0 bridgehead atoms. The minimum atomic E-state index is -0.122. The Balaban J connectivity index is 1.98. The first kappa shape index (κ1) is 13.6. The molecule has 1 atom stereocenters. The monoisotopic (exact) mass is 265 g/mol. The lowest BCUT2D eigenvalue weighted by atomic mass is 9.97. The van der Waals surface area contributed by atoms with Crippen molar-refractivity contribution in [3.05, 3.63) is 17.0 Å². The number of amides is 2. The van der Waals surface area contributed by atoms with E-state index in [9.17, 15) is 9.59 Å². The summed E-state index contributed by atoms with van der Waals surface area (Å²) < 4.78 is 5.09. The highest BCUT2D eigenvalue weighted by molar-refractivity contribution is 5.83. The summed E-state index contributed by atoms with van der Waals surface area (Å²) in [6.45, 7) is 4.63. The molecule has 1 aromatic rings. The fraction of sp³-hybridized carbons (Fsp3) is 0.615. The fourth-order valence-corrected chi connectivity index (χ4v) is 2.30. The lowest BCUT2D eigenvalue weighted by Gasteiger charge is -2.26. The van der Waals surface area contributed by atoms with Gasteiger partial charge in [-0.1, -0.05) is 5.16 Å². The Morgan fingerprint density at radius 3 is 2.79 bits per heavy atom. The van der Waals surface area contributed by atoms with Crippen LogP contribution in [0.3, 0.4) is 0 Å². The summed E-state index contributed by atoms with van der Waals surface area (Å²) in [6, 6.07) is 0. The molecule has 0 spiro atoms. The van der Waals surface area contributed by atoms with Gasteiger partial charge in [-0.2, -0.15) is 0 Å². The smallest absolute Gasteiger partial charge is 0.227 e. The molecule has 2 heterocycles. The molecule has 1 aromatic heterocycles. The molecule has 0 unspecified atom stereocenters. The molecular weight excluding hydrogens is 246 g/mol. The van der Waals surface area contributed by atoms with E-state index in [1.807, 2.05) is 13.8 Å². The summed E-state index contributed by atoms with van der Waals surface area (Å²) in [5.41, 5.74) is 1.77. The van der Waals surface area contributed by atoms with E-state index >= 15 is 0 Å². The van der Waals surface area contributed by atoms with E-state index < -0.39 is 0 Å². The number of nitrogens with zero attached hydrogens (tertiary/aromatic N) is 2. The molecule has 6 heteroatoms. The van der Waals surface area contributed by atoms with Crippen LogP contribution in [0, 0.1) is 19.8 Å². The van der Waals surface area contributed by atoms with Gasteiger partial charge in [-0.05, 0) is 20.3 Å². The van der Waals surface area contributed by atoms with Gasteiger partial charge in [0.25, 0.3) is 0 Å². The van der Waals surface area contributed by atoms with Crippen LogP contribution in [0.5, 0.6) is 0 Å². The second-order valence-electron chi connectivity index (χ2n) is 5.04. The van der Waals surface area contributed by atoms with Gasteiger partial charge >= 0.3 is 0 Å². The topological polar surface area (TPSA) is 75.4 Å². The number of piperidine rings is 1. The van der Waals surface area contributed by atoms with Gasteiger partial charge in [0.1, 0.15) is 5.76 Å². The van der Waals surface area contributed by atoms with Crippen LogP contribution in [0.4, 0.5) is 0 Å². The van der Waals surface area contributed by atoms with Crippen molar-refractivity contribution in [1.82, 2.24) is 15.4 Å². The van der Waals surface area contributed by atoms with E-state index in [0.29, 0.717) is 25.9 Å². The number of aryl methyl sites for hydroxylation is 2. The van der Waals surface area contributed by atoms with Crippen LogP contribution in [0.15, 0.2) is 4.52 Å². The molecule has 1 fully saturated rings. The summed E-state index contributed by atoms with van der Waals surface area (Å²) in [5, 5.41) is 6.61. The maximum Gasteiger partial charge on any atom is 0.227 e. The van der Waals surface area contributed by atoms with Crippen LogP contribution in [0.1, 0.15) is 29.9 Å². The van der Waals surface area contributed by atoms with Crippen LogP contribution >= 0.6 is 0 Å². The molecule has 1 aliphatic rings. The van der Waals surface area contributed by atoms with Crippen LogP contribution < -0.4 is 5.32 Å². The van der Waals surface area contributed by atoms with Gasteiger partial charge < -0.3 is 14.7 Å². The highest BCUT2D eigenvalue weighted by atomic mass is 16.5. The molecule has 0 radical (unpaired) electrons. The first-order chi connectivity index (χ1) is 8.99. The lowest BCUT2D eigenvalue weighted by Crippen LogP contribution is -2.43. The van der Waals surface area contributed by atoms with Crippen molar-refractivity contribution in [2.24, 2.45) is 5.92 Å². The molecule has 19 heavy (non-hydrogen) atoms. The third kappa shape index (κ3) is 2.94. The molecule has 1 aliphatic heterocycles. The molecule has 2 rings (SSSR count). The molecule has 0 aliphatic carbocycles. The third-order valence-corrected chi connectivity index (χ3v) is 3.57. The Bertz CT molecular complexity index is 466. The number of hydrogen-bond acceptors (Lipinski definition) is 4. The largest absolute Gasteiger partial charge is 0.361 e. The zero-order valence-corrected chi connectivity index (χ0v) is 11.5. The van der Waals surface area contributed by atoms with E-state index in [2.05, 4.69) is 10.5 Å². The van der Waals surface area contributed by atoms with Gasteiger partial charge in [-0.25, -0.2) is 0 Å². The number of rotatable bonds is 3. The van der Waals surface area contributed by atoms with Crippen molar-refractivity contribution in [1.29, 1.82) is 0 Å². The van der Waals surface area contributed by atoms with Crippen LogP contribution in [-0.2, 0) is 16.1 Å². The van der Waals surface area contributed by atoms with Gasteiger partial charge in [0, 0.05) is 25.6 Å². The Morgan fingerprint density at radius 2 is 2.26 bits per heavy atom. The highest BCUT2D eigenvalue weighted by Crippen LogP contribution is 2.18. The summed E-state index contributed by atoms with van der Waals surface area (Å²) >= 11 is 0. The average Bonchev–Trinajstić information content (AvgIpc) is 2.70. The van der Waals surface area contributed by atoms with Gasteiger partial charge in [-0.3, -0.25) is 9.59 Å². The molecule has 1 N–H and O–H groups in total. The first-order valence-electron chi connectivity index (χ1n) is 6.42. The van der Waals surface area contributed by atoms with Crippen LogP contribution in [0.2, 0.25) is 0 Å². The Morgan fingerprint density at radius 1 is 1.53 bits per heavy atom. The summed E-state index contributed by atoms with van der Waals surface area (Å²) in [7, 11) is 1.77. The van der Waals surface area contributed by atoms with Crippen molar-refractivity contribution >= 4 is 11.8 Å². The summed E-state index contributed by atoms with van der Waals surface area (Å²) in [6.07, 6.45) is 1.05. The van der Waals surface area contributed by atoms with Gasteiger partial charge in [-0.15, -0.1) is 0 Å². The normalized spacial score (nSPS) is 19.1. The SMILES string of the molecule is Cc1noc(C)c1CN(C)C(=O)[C@@H]1CCC(=O)NC1. The molecule has 6 nitrogen and oxygen atoms in total. The van der Waals surface area contributed by atoms with E-state index in [4.69, 9.17) is 4.52 Å². The quantitative estimate of drug-likeness (QED) is 0.876. The Hall–Kier alpha value is -1.85. The molecule has 2 amide bonds. The van der Waals surface area contributed by atoms with Crippen molar-refractivity contribution in [2.75, 3.05) is 13.6 Å². The van der Waals surface area contributed by atoms with E-state index in [1.54, 1.807) is 11.9 Å². The second-order valence-corrected chi connectivity index (χ2v) is 5.04. The Kier molecular flexibility index (Phi) is 3.87. The van der Waals surface area contributed by atoms with E-state index in [1.165, 1.54) is 0 Å². The zero-order chi connectivity index (χ0) is 14.0. The minimum absolute atomic E-state index is 0.0254. The van der Waals surface area contributed by atoms with Gasteiger partial charge in [0.05, 0.1) is 18.2 Å². The number of carbonyl (C=O) groups is 2. The van der Waals surface area contributed by atoms with Crippen molar-refractivity contribution < 1.29 is 14.1 Å². The molecule has 0 aromatic carbocycles. The summed E-state index contributed by atoms with van der Waals surface area (Å²) in [4.78, 5) is 25.0. The maximum atomic E-state index is 12.3. The predicted octanol–water partition coefficient (Wildman–Crippen LogP) is 0.776. The third-order valence-electron chi connectivity index (χ3n) is 3.57. The van der Waals surface area contributed by atoms with Gasteiger partial charge in [0.2, 0.25) is 11.8 Å². The van der Waals surface area contributed by atoms with Crippen molar-refractivity contribution in [3.8, 4) is 0 Å². The standard InChI is InChI=1S/C13H19N3O3/c1-8-11(9(2)19-15-8)7-16(3)13(18)10-4-5-12(17)14-6-10/h10H,4-7H2,1-3H3,(H,14,17)/t10-/m1/s1. The minimum Gasteiger partial charge on any atom is -0.361 e. The number of hydrogen-bond donors (Lipinski definition) is 1. The average molecular weight is 265 g/mol. The predicted molar refractivity (Wildman–Crippen MR) is 68.2 cm³/mol. The highest BCUT2D eigenvalue weighted by Gasteiger charge is 2.27. The number of aromatic nitrogens is 1. The maximum absolute atomic E-state index is 12.3. The van der Waals surface area contributed by atoms with Crippen molar-refractivity contribution in [2.45, 2.75) is 33.2 Å². The molecule has 104 valence electrons. The molecular formula is C13H19N3O3. The zero-order valence-electron chi connectivity index (χ0n) is 11.5. The fourth-order valence-electron chi connectivity index (χ4n) is 2.30. The first-order valence-corrected chi connectivity index (χ1v) is 6.42. The van der Waals surface area contributed by atoms with Crippen molar-refractivity contribution in [3.63, 3.8) is 0 Å². The second kappa shape index (κ2) is 5.42. The van der Waals surface area contributed by atoms with Gasteiger partial charge in [0.15, 0.2) is 0 Å². The molecule has 1 saturated heterocycles. The van der Waals surface area contributed by atoms with Crippen LogP contribution in [-0.4, -0.2) is 35.5 Å². The van der Waals surface area contributed by atoms with E-state index in [-0.39, 0.29) is 17.7 Å². The van der Waals surface area contributed by atoms with Crippen LogP contribution in [0.25, 0.3) is 0 Å². The Labute approximate surface area is 112 Å². The molecule has 0 saturated carbocycles. The number of nitrogens with one attached hydrogen (secondary N) is 1. The lowest BCUT2D eigenvalue weighted by molar-refractivity contribution is -0.136. The number of carbonyl (C=O) groups excluding carboxylic acids is 2. The summed E-state index contributed by atoms with van der Waals surface area (Å²) in [5.74, 6) is 0.703. The van der Waals surface area contributed by atoms with E-state index in [0.717, 1.165) is 17.0 Å².